The van der Waals surface area contributed by atoms with Crippen molar-refractivity contribution in [2.75, 3.05) is 0 Å². The highest BCUT2D eigenvalue weighted by Gasteiger charge is 2.23. The predicted octanol–water partition coefficient (Wildman–Crippen LogP) is 2.11. The molecule has 0 radical (unpaired) electrons. The Hall–Kier alpha value is -2.09. The van der Waals surface area contributed by atoms with E-state index in [9.17, 15) is 13.6 Å². The molecule has 0 bridgehead atoms. The minimum Gasteiger partial charge on any atom is -0.307 e. The van der Waals surface area contributed by atoms with Gasteiger partial charge in [0.15, 0.2) is 0 Å². The van der Waals surface area contributed by atoms with Gasteiger partial charge in [0.1, 0.15) is 5.82 Å². The summed E-state index contributed by atoms with van der Waals surface area (Å²) < 4.78 is 27.9. The van der Waals surface area contributed by atoms with E-state index >= 15 is 0 Å². The number of hydrogen-bond acceptors (Lipinski definition) is 4. The van der Waals surface area contributed by atoms with Gasteiger partial charge in [-0.1, -0.05) is 0 Å². The smallest absolute Gasteiger partial charge is 0.307 e. The molecule has 0 saturated heterocycles. The average Bonchev–Trinajstić information content (AvgIpc) is 3.03. The zero-order valence-electron chi connectivity index (χ0n) is 12.6. The van der Waals surface area contributed by atoms with Crippen molar-refractivity contribution >= 4 is 0 Å². The molecule has 2 heterocycles. The summed E-state index contributed by atoms with van der Waals surface area (Å²) in [5.41, 5.74) is -0.0807. The van der Waals surface area contributed by atoms with Crippen LogP contribution in [0.2, 0.25) is 0 Å². The van der Waals surface area contributed by atoms with Crippen LogP contribution in [0.3, 0.4) is 0 Å². The van der Waals surface area contributed by atoms with Crippen molar-refractivity contribution in [3.05, 3.63) is 46.9 Å². The van der Waals surface area contributed by atoms with Gasteiger partial charge in [-0.3, -0.25) is 9.36 Å². The zero-order valence-corrected chi connectivity index (χ0v) is 12.6. The molecule has 0 aliphatic heterocycles. The molecule has 1 aliphatic carbocycles. The molecule has 1 fully saturated rings. The lowest BCUT2D eigenvalue weighted by Crippen LogP contribution is -2.36. The van der Waals surface area contributed by atoms with Crippen LogP contribution in [-0.2, 0) is 6.54 Å². The molecule has 0 aromatic carbocycles. The summed E-state index contributed by atoms with van der Waals surface area (Å²) in [5.74, 6) is 0.336. The fraction of sp³-hybridized carbons (Fsp3) is 0.533. The highest BCUT2D eigenvalue weighted by molar-refractivity contribution is 4.94. The second kappa shape index (κ2) is 6.99. The number of imidazole rings is 1. The molecule has 0 spiro atoms. The highest BCUT2D eigenvalue weighted by Crippen LogP contribution is 2.27. The van der Waals surface area contributed by atoms with Crippen molar-refractivity contribution in [3.8, 4) is 0 Å². The summed E-state index contributed by atoms with van der Waals surface area (Å²) in [6, 6.07) is 3.51. The lowest BCUT2D eigenvalue weighted by atomic mass is 9.91. The summed E-state index contributed by atoms with van der Waals surface area (Å²) >= 11 is 0. The molecular formula is C15H19F2N5O. The summed E-state index contributed by atoms with van der Waals surface area (Å²) in [5, 5.41) is 7.41. The number of alkyl halides is 2. The van der Waals surface area contributed by atoms with Crippen LogP contribution >= 0.6 is 0 Å². The first-order chi connectivity index (χ1) is 11.1. The molecule has 8 heteroatoms. The van der Waals surface area contributed by atoms with Gasteiger partial charge in [-0.15, -0.1) is 0 Å². The van der Waals surface area contributed by atoms with Crippen LogP contribution in [0.5, 0.6) is 0 Å². The molecule has 0 unspecified atom stereocenters. The van der Waals surface area contributed by atoms with E-state index in [1.807, 2.05) is 0 Å². The molecule has 124 valence electrons. The van der Waals surface area contributed by atoms with Crippen LogP contribution in [0, 0.1) is 0 Å². The normalized spacial score (nSPS) is 21.7. The summed E-state index contributed by atoms with van der Waals surface area (Å²) in [6.45, 7) is -2.25. The van der Waals surface area contributed by atoms with E-state index in [-0.39, 0.29) is 17.6 Å². The van der Waals surface area contributed by atoms with Crippen molar-refractivity contribution in [2.45, 2.75) is 50.9 Å². The van der Waals surface area contributed by atoms with E-state index in [0.717, 1.165) is 30.3 Å². The Morgan fingerprint density at radius 2 is 2.04 bits per heavy atom. The Bertz CT molecular complexity index is 691. The van der Waals surface area contributed by atoms with Crippen molar-refractivity contribution < 1.29 is 8.78 Å². The van der Waals surface area contributed by atoms with Crippen LogP contribution in [-0.4, -0.2) is 25.4 Å². The molecule has 23 heavy (non-hydrogen) atoms. The number of aromatic nitrogens is 4. The fourth-order valence-electron chi connectivity index (χ4n) is 3.06. The van der Waals surface area contributed by atoms with Gasteiger partial charge in [0.25, 0.3) is 5.56 Å². The number of halogens is 2. The van der Waals surface area contributed by atoms with Crippen molar-refractivity contribution in [2.24, 2.45) is 0 Å². The SMILES string of the molecule is O=c1cccnn1C1CCC(NCc2nccn2C(F)F)CC1. The number of nitrogens with one attached hydrogen (secondary N) is 1. The molecule has 1 aliphatic rings. The molecule has 6 nitrogen and oxygen atoms in total. The van der Waals surface area contributed by atoms with Crippen molar-refractivity contribution in [1.29, 1.82) is 0 Å². The maximum Gasteiger partial charge on any atom is 0.319 e. The second-order valence-electron chi connectivity index (χ2n) is 5.72. The van der Waals surface area contributed by atoms with Crippen LogP contribution in [0.25, 0.3) is 0 Å². The van der Waals surface area contributed by atoms with E-state index in [1.165, 1.54) is 18.5 Å². The molecule has 3 rings (SSSR count). The minimum atomic E-state index is -2.57. The first-order valence-corrected chi connectivity index (χ1v) is 7.72. The standard InChI is InChI=1S/C15H19F2N5O/c16-15(17)21-9-8-18-13(21)10-19-11-3-5-12(6-4-11)22-14(23)2-1-7-20-22/h1-2,7-9,11-12,15,19H,3-6,10H2. The lowest BCUT2D eigenvalue weighted by molar-refractivity contribution is 0.0663. The Morgan fingerprint density at radius 3 is 2.74 bits per heavy atom. The summed E-state index contributed by atoms with van der Waals surface area (Å²) in [4.78, 5) is 15.7. The van der Waals surface area contributed by atoms with Gasteiger partial charge >= 0.3 is 6.55 Å². The van der Waals surface area contributed by atoms with E-state index in [4.69, 9.17) is 0 Å². The van der Waals surface area contributed by atoms with Gasteiger partial charge in [-0.2, -0.15) is 13.9 Å². The van der Waals surface area contributed by atoms with Gasteiger partial charge < -0.3 is 5.32 Å². The molecule has 2 aromatic rings. The zero-order chi connectivity index (χ0) is 16.2. The fourth-order valence-corrected chi connectivity index (χ4v) is 3.06. The Kier molecular flexibility index (Phi) is 4.80. The average molecular weight is 323 g/mol. The quantitative estimate of drug-likeness (QED) is 0.915. The van der Waals surface area contributed by atoms with Gasteiger partial charge in [0.2, 0.25) is 0 Å². The monoisotopic (exact) mass is 323 g/mol. The molecular weight excluding hydrogens is 304 g/mol. The lowest BCUT2D eigenvalue weighted by Gasteiger charge is -2.29. The van der Waals surface area contributed by atoms with Crippen LogP contribution in [0.4, 0.5) is 8.78 Å². The van der Waals surface area contributed by atoms with Crippen molar-refractivity contribution in [1.82, 2.24) is 24.6 Å². The minimum absolute atomic E-state index is 0.0807. The first-order valence-electron chi connectivity index (χ1n) is 7.72. The molecule has 2 aromatic heterocycles. The molecule has 1 N–H and O–H groups in total. The van der Waals surface area contributed by atoms with Crippen molar-refractivity contribution in [3.63, 3.8) is 0 Å². The van der Waals surface area contributed by atoms with Gasteiger partial charge in [0.05, 0.1) is 12.6 Å². The largest absolute Gasteiger partial charge is 0.319 e. The Labute approximate surface area is 132 Å². The van der Waals surface area contributed by atoms with E-state index in [2.05, 4.69) is 15.4 Å². The summed E-state index contributed by atoms with van der Waals surface area (Å²) in [7, 11) is 0. The van der Waals surface area contributed by atoms with E-state index < -0.39 is 6.55 Å². The van der Waals surface area contributed by atoms with Gasteiger partial charge in [0, 0.05) is 30.7 Å². The Balaban J connectivity index is 1.53. The second-order valence-corrected chi connectivity index (χ2v) is 5.72. The van der Waals surface area contributed by atoms with Gasteiger partial charge in [-0.05, 0) is 31.7 Å². The number of rotatable bonds is 5. The van der Waals surface area contributed by atoms with Crippen LogP contribution in [0.15, 0.2) is 35.5 Å². The predicted molar refractivity (Wildman–Crippen MR) is 80.1 cm³/mol. The van der Waals surface area contributed by atoms with E-state index in [1.54, 1.807) is 16.9 Å². The Morgan fingerprint density at radius 1 is 1.26 bits per heavy atom. The maximum absolute atomic E-state index is 12.8. The topological polar surface area (TPSA) is 64.7 Å². The number of hydrogen-bond donors (Lipinski definition) is 1. The van der Waals surface area contributed by atoms with E-state index in [0.29, 0.717) is 12.4 Å². The van der Waals surface area contributed by atoms with Gasteiger partial charge in [-0.25, -0.2) is 9.67 Å². The molecule has 1 saturated carbocycles. The third kappa shape index (κ3) is 3.64. The maximum atomic E-state index is 12.8. The first kappa shape index (κ1) is 15.8. The molecule has 0 atom stereocenters. The van der Waals surface area contributed by atoms with Crippen LogP contribution < -0.4 is 10.9 Å². The molecule has 0 amide bonds. The third-order valence-corrected chi connectivity index (χ3v) is 4.29. The third-order valence-electron chi connectivity index (χ3n) is 4.29. The summed E-state index contributed by atoms with van der Waals surface area (Å²) in [6.07, 6.45) is 7.73. The van der Waals surface area contributed by atoms with Crippen LogP contribution in [0.1, 0.15) is 44.1 Å². The highest BCUT2D eigenvalue weighted by atomic mass is 19.3. The number of nitrogens with zero attached hydrogens (tertiary/aromatic N) is 4.